The number of anilines is 2. The topological polar surface area (TPSA) is 62.4 Å². The molecule has 1 amide bonds. The molecule has 0 aliphatic carbocycles. The fourth-order valence-corrected chi connectivity index (χ4v) is 2.64. The Hall–Kier alpha value is -2.90. The van der Waals surface area contributed by atoms with E-state index in [1.54, 1.807) is 0 Å². The summed E-state index contributed by atoms with van der Waals surface area (Å²) in [6.45, 7) is 2.88. The smallest absolute Gasteiger partial charge is 0.406 e. The lowest BCUT2D eigenvalue weighted by Crippen LogP contribution is -2.23. The number of alkyl halides is 3. The first-order valence-electron chi connectivity index (χ1n) is 7.58. The molecule has 0 saturated heterocycles. The molecular formula is C17H16F3N3O2. The summed E-state index contributed by atoms with van der Waals surface area (Å²) in [6.07, 6.45) is -4.75. The van der Waals surface area contributed by atoms with E-state index in [1.165, 1.54) is 12.1 Å². The Balaban J connectivity index is 1.67. The van der Waals surface area contributed by atoms with Gasteiger partial charge in [0.25, 0.3) is 5.91 Å². The van der Waals surface area contributed by atoms with E-state index in [0.29, 0.717) is 13.2 Å². The van der Waals surface area contributed by atoms with Crippen LogP contribution in [0.1, 0.15) is 21.5 Å². The lowest BCUT2D eigenvalue weighted by atomic mass is 10.0. The summed E-state index contributed by atoms with van der Waals surface area (Å²) in [6, 6.07) is 8.73. The average Bonchev–Trinajstić information content (AvgIpc) is 3.01. The molecule has 1 heterocycles. The average molecular weight is 351 g/mol. The van der Waals surface area contributed by atoms with Gasteiger partial charge in [-0.2, -0.15) is 0 Å². The third-order valence-electron chi connectivity index (χ3n) is 3.87. The number of hydrogen-bond acceptors (Lipinski definition) is 4. The van der Waals surface area contributed by atoms with Crippen molar-refractivity contribution in [3.63, 3.8) is 0 Å². The van der Waals surface area contributed by atoms with Crippen LogP contribution in [0.25, 0.3) is 0 Å². The van der Waals surface area contributed by atoms with Crippen LogP contribution in [0.3, 0.4) is 0 Å². The van der Waals surface area contributed by atoms with E-state index < -0.39 is 6.36 Å². The molecule has 0 atom stereocenters. The molecule has 25 heavy (non-hydrogen) atoms. The molecule has 0 unspecified atom stereocenters. The number of nitrogens with one attached hydrogen (secondary N) is 3. The molecule has 0 bridgehead atoms. The highest BCUT2D eigenvalue weighted by atomic mass is 19.4. The van der Waals surface area contributed by atoms with Crippen LogP contribution < -0.4 is 20.7 Å². The van der Waals surface area contributed by atoms with Gasteiger partial charge < -0.3 is 20.7 Å². The minimum absolute atomic E-state index is 0.255. The van der Waals surface area contributed by atoms with Crippen molar-refractivity contribution < 1.29 is 22.7 Å². The van der Waals surface area contributed by atoms with Crippen molar-refractivity contribution in [2.24, 2.45) is 0 Å². The number of benzene rings is 2. The zero-order chi connectivity index (χ0) is 18.0. The second-order valence-corrected chi connectivity index (χ2v) is 5.57. The summed E-state index contributed by atoms with van der Waals surface area (Å²) in [5, 5.41) is 9.18. The Morgan fingerprint density at radius 1 is 1.16 bits per heavy atom. The normalized spacial score (nSPS) is 12.8. The van der Waals surface area contributed by atoms with Gasteiger partial charge in [0, 0.05) is 12.1 Å². The van der Waals surface area contributed by atoms with Gasteiger partial charge in [-0.1, -0.05) is 6.07 Å². The molecule has 0 spiro atoms. The van der Waals surface area contributed by atoms with Crippen LogP contribution >= 0.6 is 0 Å². The van der Waals surface area contributed by atoms with Crippen molar-refractivity contribution in [2.75, 3.05) is 17.3 Å². The molecule has 1 aliphatic rings. The number of amides is 1. The second-order valence-electron chi connectivity index (χ2n) is 5.57. The second kappa shape index (κ2) is 6.54. The van der Waals surface area contributed by atoms with E-state index in [1.807, 2.05) is 19.1 Å². The lowest BCUT2D eigenvalue weighted by molar-refractivity contribution is -0.274. The molecule has 0 aromatic heterocycles. The number of halogens is 3. The van der Waals surface area contributed by atoms with Crippen molar-refractivity contribution in [1.29, 1.82) is 0 Å². The van der Waals surface area contributed by atoms with Gasteiger partial charge >= 0.3 is 6.36 Å². The number of aryl methyl sites for hydroxylation is 1. The van der Waals surface area contributed by atoms with Crippen LogP contribution in [-0.4, -0.2) is 18.9 Å². The summed E-state index contributed by atoms with van der Waals surface area (Å²) in [5.41, 5.74) is 4.18. The molecule has 8 heteroatoms. The maximum atomic E-state index is 12.2. The van der Waals surface area contributed by atoms with E-state index in [4.69, 9.17) is 0 Å². The Bertz CT molecular complexity index is 789. The fourth-order valence-electron chi connectivity index (χ4n) is 2.64. The molecule has 132 valence electrons. The lowest BCUT2D eigenvalue weighted by Gasteiger charge is -2.13. The van der Waals surface area contributed by atoms with Crippen LogP contribution in [0, 0.1) is 6.92 Å². The highest BCUT2D eigenvalue weighted by Crippen LogP contribution is 2.32. The number of hydrogen-bond donors (Lipinski definition) is 3. The van der Waals surface area contributed by atoms with Crippen molar-refractivity contribution in [1.82, 2.24) is 5.32 Å². The minimum Gasteiger partial charge on any atom is -0.406 e. The number of carbonyl (C=O) groups is 1. The van der Waals surface area contributed by atoms with Gasteiger partial charge in [0.2, 0.25) is 0 Å². The summed E-state index contributed by atoms with van der Waals surface area (Å²) in [4.78, 5) is 12.2. The summed E-state index contributed by atoms with van der Waals surface area (Å²) in [7, 11) is 0. The Morgan fingerprint density at radius 3 is 2.56 bits per heavy atom. The van der Waals surface area contributed by atoms with Gasteiger partial charge in [-0.25, -0.2) is 0 Å². The molecule has 1 aliphatic heterocycles. The molecule has 2 aromatic rings. The predicted molar refractivity (Wildman–Crippen MR) is 87.6 cm³/mol. The Labute approximate surface area is 142 Å². The maximum absolute atomic E-state index is 12.2. The van der Waals surface area contributed by atoms with Gasteiger partial charge in [0.05, 0.1) is 18.0 Å². The third kappa shape index (κ3) is 3.96. The SMILES string of the molecule is Cc1ccc2c(c1CNC(=O)c1ccc(OC(F)(F)F)cc1)NCN2. The minimum atomic E-state index is -4.75. The zero-order valence-electron chi connectivity index (χ0n) is 13.3. The quantitative estimate of drug-likeness (QED) is 0.787. The van der Waals surface area contributed by atoms with Crippen molar-refractivity contribution >= 4 is 17.3 Å². The standard InChI is InChI=1S/C17H16F3N3O2/c1-10-2-7-14-15(23-9-22-14)13(10)8-21-16(24)11-3-5-12(6-4-11)25-17(18,19)20/h2-7,22-23H,8-9H2,1H3,(H,21,24). The first kappa shape index (κ1) is 16.9. The first-order valence-corrected chi connectivity index (χ1v) is 7.58. The van der Waals surface area contributed by atoms with Crippen LogP contribution in [0.4, 0.5) is 24.5 Å². The van der Waals surface area contributed by atoms with Crippen LogP contribution in [0.5, 0.6) is 5.75 Å². The van der Waals surface area contributed by atoms with Crippen molar-refractivity contribution in [3.05, 3.63) is 53.1 Å². The highest BCUT2D eigenvalue weighted by molar-refractivity contribution is 5.94. The summed E-state index contributed by atoms with van der Waals surface area (Å²) >= 11 is 0. The fraction of sp³-hybridized carbons (Fsp3) is 0.235. The monoisotopic (exact) mass is 351 g/mol. The number of carbonyl (C=O) groups excluding carboxylic acids is 1. The number of fused-ring (bicyclic) bond motifs is 1. The molecule has 0 radical (unpaired) electrons. The molecule has 3 rings (SSSR count). The summed E-state index contributed by atoms with van der Waals surface area (Å²) in [5.74, 6) is -0.738. The Morgan fingerprint density at radius 2 is 1.88 bits per heavy atom. The highest BCUT2D eigenvalue weighted by Gasteiger charge is 2.31. The number of ether oxygens (including phenoxy) is 1. The molecule has 5 nitrogen and oxygen atoms in total. The zero-order valence-corrected chi connectivity index (χ0v) is 13.3. The first-order chi connectivity index (χ1) is 11.8. The molecule has 0 fully saturated rings. The van der Waals surface area contributed by atoms with Gasteiger partial charge in [-0.3, -0.25) is 4.79 Å². The number of rotatable bonds is 4. The van der Waals surface area contributed by atoms with Gasteiger partial charge in [0.15, 0.2) is 0 Å². The van der Waals surface area contributed by atoms with E-state index in [0.717, 1.165) is 34.6 Å². The van der Waals surface area contributed by atoms with E-state index in [2.05, 4.69) is 20.7 Å². The van der Waals surface area contributed by atoms with Crippen molar-refractivity contribution in [2.45, 2.75) is 19.8 Å². The van der Waals surface area contributed by atoms with E-state index in [9.17, 15) is 18.0 Å². The van der Waals surface area contributed by atoms with Crippen molar-refractivity contribution in [3.8, 4) is 5.75 Å². The van der Waals surface area contributed by atoms with E-state index in [-0.39, 0.29) is 17.2 Å². The predicted octanol–water partition coefficient (Wildman–Crippen LogP) is 3.62. The maximum Gasteiger partial charge on any atom is 0.573 e. The van der Waals surface area contributed by atoms with Crippen LogP contribution in [0.2, 0.25) is 0 Å². The molecule has 3 N–H and O–H groups in total. The Kier molecular flexibility index (Phi) is 4.43. The van der Waals surface area contributed by atoms with Gasteiger partial charge in [0.1, 0.15) is 5.75 Å². The largest absolute Gasteiger partial charge is 0.573 e. The molecule has 0 saturated carbocycles. The van der Waals surface area contributed by atoms with Gasteiger partial charge in [-0.15, -0.1) is 13.2 Å². The van der Waals surface area contributed by atoms with Crippen LogP contribution in [0.15, 0.2) is 36.4 Å². The molecular weight excluding hydrogens is 335 g/mol. The van der Waals surface area contributed by atoms with Gasteiger partial charge in [-0.05, 0) is 48.4 Å². The third-order valence-corrected chi connectivity index (χ3v) is 3.87. The summed E-state index contributed by atoms with van der Waals surface area (Å²) < 4.78 is 40.2. The van der Waals surface area contributed by atoms with Crippen LogP contribution in [-0.2, 0) is 6.54 Å². The van der Waals surface area contributed by atoms with E-state index >= 15 is 0 Å². The molecule has 2 aromatic carbocycles.